The van der Waals surface area contributed by atoms with Crippen molar-refractivity contribution in [3.05, 3.63) is 23.8 Å². The van der Waals surface area contributed by atoms with Gasteiger partial charge in [-0.2, -0.15) is 4.31 Å². The second kappa shape index (κ2) is 8.16. The van der Waals surface area contributed by atoms with Crippen molar-refractivity contribution in [1.29, 1.82) is 0 Å². The van der Waals surface area contributed by atoms with Crippen LogP contribution in [0.5, 0.6) is 5.75 Å². The van der Waals surface area contributed by atoms with E-state index in [-0.39, 0.29) is 16.4 Å². The smallest absolute Gasteiger partial charge is 0.254 e. The van der Waals surface area contributed by atoms with E-state index < -0.39 is 10.0 Å². The number of amides is 1. The molecule has 0 radical (unpaired) electrons. The highest BCUT2D eigenvalue weighted by Crippen LogP contribution is 2.25. The van der Waals surface area contributed by atoms with Crippen molar-refractivity contribution in [3.63, 3.8) is 0 Å². The number of sulfonamides is 1. The van der Waals surface area contributed by atoms with Gasteiger partial charge in [-0.1, -0.05) is 0 Å². The van der Waals surface area contributed by atoms with E-state index in [0.29, 0.717) is 31.4 Å². The maximum atomic E-state index is 13.0. The molecule has 1 aromatic carbocycles. The van der Waals surface area contributed by atoms with Crippen molar-refractivity contribution >= 4 is 15.9 Å². The summed E-state index contributed by atoms with van der Waals surface area (Å²) in [6.07, 6.45) is 0.788. The number of hydrogen-bond acceptors (Lipinski definition) is 5. The minimum atomic E-state index is -3.65. The molecule has 7 nitrogen and oxygen atoms in total. The summed E-state index contributed by atoms with van der Waals surface area (Å²) < 4.78 is 32.7. The maximum absolute atomic E-state index is 13.0. The van der Waals surface area contributed by atoms with E-state index in [1.54, 1.807) is 0 Å². The number of rotatable bonds is 5. The summed E-state index contributed by atoms with van der Waals surface area (Å²) in [6, 6.07) is 4.79. The van der Waals surface area contributed by atoms with E-state index >= 15 is 0 Å². The third-order valence-electron chi connectivity index (χ3n) is 4.50. The van der Waals surface area contributed by atoms with Crippen LogP contribution in [-0.2, 0) is 10.0 Å². The Balaban J connectivity index is 2.31. The summed E-state index contributed by atoms with van der Waals surface area (Å²) in [4.78, 5) is 14.4. The van der Waals surface area contributed by atoms with E-state index in [2.05, 4.69) is 24.1 Å². The van der Waals surface area contributed by atoms with Crippen LogP contribution in [0.4, 0.5) is 0 Å². The Morgan fingerprint density at radius 2 is 1.92 bits per heavy atom. The third kappa shape index (κ3) is 4.31. The zero-order valence-corrected chi connectivity index (χ0v) is 16.1. The molecule has 140 valence electrons. The first kappa shape index (κ1) is 19.7. The van der Waals surface area contributed by atoms with Crippen molar-refractivity contribution in [2.75, 3.05) is 40.3 Å². The molecular weight excluding hydrogens is 342 g/mol. The molecule has 0 aromatic heterocycles. The van der Waals surface area contributed by atoms with Crippen LogP contribution in [0.1, 0.15) is 30.6 Å². The topological polar surface area (TPSA) is 79.0 Å². The quantitative estimate of drug-likeness (QED) is 0.843. The van der Waals surface area contributed by atoms with Gasteiger partial charge in [-0.25, -0.2) is 8.42 Å². The van der Waals surface area contributed by atoms with Crippen LogP contribution in [-0.4, -0.2) is 69.9 Å². The number of hydrogen-bond donors (Lipinski definition) is 1. The minimum Gasteiger partial charge on any atom is -0.496 e. The fraction of sp³-hybridized carbons (Fsp3) is 0.588. The Morgan fingerprint density at radius 1 is 1.20 bits per heavy atom. The second-order valence-corrected chi connectivity index (χ2v) is 8.27. The number of ether oxygens (including phenoxy) is 1. The van der Waals surface area contributed by atoms with Crippen LogP contribution < -0.4 is 10.1 Å². The zero-order valence-electron chi connectivity index (χ0n) is 15.3. The molecule has 8 heteroatoms. The van der Waals surface area contributed by atoms with Gasteiger partial charge in [0.15, 0.2) is 0 Å². The summed E-state index contributed by atoms with van der Waals surface area (Å²) in [6.45, 7) is 6.74. The van der Waals surface area contributed by atoms with Gasteiger partial charge in [0, 0.05) is 32.7 Å². The van der Waals surface area contributed by atoms with E-state index in [1.165, 1.54) is 36.7 Å². The van der Waals surface area contributed by atoms with E-state index in [9.17, 15) is 13.2 Å². The Bertz CT molecular complexity index is 719. The largest absolute Gasteiger partial charge is 0.496 e. The average Bonchev–Trinajstić information content (AvgIpc) is 2.87. The first-order valence-electron chi connectivity index (χ1n) is 8.45. The fourth-order valence-electron chi connectivity index (χ4n) is 2.98. The number of benzene rings is 1. The molecule has 0 unspecified atom stereocenters. The average molecular weight is 369 g/mol. The summed E-state index contributed by atoms with van der Waals surface area (Å²) in [5, 5.41) is 2.51. The standard InChI is InChI=1S/C17H27N3O4S/c1-13(2)19-8-5-9-20(11-10-19)25(22,23)14-6-7-16(24-4)15(12-14)17(21)18-3/h6-7,12-13H,5,8-11H2,1-4H3,(H,18,21). The molecule has 1 heterocycles. The van der Waals surface area contributed by atoms with Crippen molar-refractivity contribution < 1.29 is 17.9 Å². The fourth-order valence-corrected chi connectivity index (χ4v) is 4.48. The SMILES string of the molecule is CNC(=O)c1cc(S(=O)(=O)N2CCCN(C(C)C)CC2)ccc1OC. The first-order chi connectivity index (χ1) is 11.8. The molecule has 1 aromatic rings. The molecule has 1 amide bonds. The molecule has 1 aliphatic heterocycles. The van der Waals surface area contributed by atoms with Crippen molar-refractivity contribution in [2.24, 2.45) is 0 Å². The van der Waals surface area contributed by atoms with E-state index in [4.69, 9.17) is 4.74 Å². The number of nitrogens with zero attached hydrogens (tertiary/aromatic N) is 2. The Kier molecular flexibility index (Phi) is 6.42. The highest BCUT2D eigenvalue weighted by Gasteiger charge is 2.28. The Labute approximate surface area is 150 Å². The first-order valence-corrected chi connectivity index (χ1v) is 9.89. The van der Waals surface area contributed by atoms with Crippen molar-refractivity contribution in [1.82, 2.24) is 14.5 Å². The lowest BCUT2D eigenvalue weighted by atomic mass is 10.2. The number of carbonyl (C=O) groups excluding carboxylic acids is 1. The van der Waals surface area contributed by atoms with Gasteiger partial charge in [0.2, 0.25) is 10.0 Å². The molecule has 1 fully saturated rings. The molecule has 2 rings (SSSR count). The molecule has 1 aliphatic rings. The molecule has 0 atom stereocenters. The van der Waals surface area contributed by atoms with Gasteiger partial charge in [0.05, 0.1) is 17.6 Å². The van der Waals surface area contributed by atoms with Gasteiger partial charge in [0.25, 0.3) is 5.91 Å². The molecule has 0 spiro atoms. The van der Waals surface area contributed by atoms with E-state index in [0.717, 1.165) is 13.0 Å². The summed E-state index contributed by atoms with van der Waals surface area (Å²) >= 11 is 0. The van der Waals surface area contributed by atoms with Crippen LogP contribution in [0.25, 0.3) is 0 Å². The van der Waals surface area contributed by atoms with Crippen LogP contribution in [0.2, 0.25) is 0 Å². The summed E-state index contributed by atoms with van der Waals surface area (Å²) in [5.41, 5.74) is 0.213. The predicted molar refractivity (Wildman–Crippen MR) is 96.5 cm³/mol. The van der Waals surface area contributed by atoms with Gasteiger partial charge in [-0.15, -0.1) is 0 Å². The normalized spacial score (nSPS) is 17.3. The summed E-state index contributed by atoms with van der Waals surface area (Å²) in [5.74, 6) is -0.0316. The molecule has 0 bridgehead atoms. The van der Waals surface area contributed by atoms with Crippen LogP contribution >= 0.6 is 0 Å². The van der Waals surface area contributed by atoms with Crippen LogP contribution in [0.3, 0.4) is 0 Å². The van der Waals surface area contributed by atoms with Crippen molar-refractivity contribution in [3.8, 4) is 5.75 Å². The lowest BCUT2D eigenvalue weighted by Gasteiger charge is -2.24. The van der Waals surface area contributed by atoms with Gasteiger partial charge >= 0.3 is 0 Å². The third-order valence-corrected chi connectivity index (χ3v) is 6.39. The molecule has 0 saturated carbocycles. The lowest BCUT2D eigenvalue weighted by molar-refractivity contribution is 0.0960. The highest BCUT2D eigenvalue weighted by molar-refractivity contribution is 7.89. The van der Waals surface area contributed by atoms with E-state index in [1.807, 2.05) is 0 Å². The molecule has 0 aliphatic carbocycles. The highest BCUT2D eigenvalue weighted by atomic mass is 32.2. The molecule has 1 N–H and O–H groups in total. The number of methoxy groups -OCH3 is 1. The number of carbonyl (C=O) groups is 1. The Morgan fingerprint density at radius 3 is 2.52 bits per heavy atom. The van der Waals surface area contributed by atoms with Crippen LogP contribution in [0.15, 0.2) is 23.1 Å². The summed E-state index contributed by atoms with van der Waals surface area (Å²) in [7, 11) is -0.705. The second-order valence-electron chi connectivity index (χ2n) is 6.33. The van der Waals surface area contributed by atoms with Gasteiger partial charge in [0.1, 0.15) is 5.75 Å². The van der Waals surface area contributed by atoms with Crippen LogP contribution in [0, 0.1) is 0 Å². The van der Waals surface area contributed by atoms with Crippen molar-refractivity contribution in [2.45, 2.75) is 31.2 Å². The molecule has 25 heavy (non-hydrogen) atoms. The monoisotopic (exact) mass is 369 g/mol. The van der Waals surface area contributed by atoms with Gasteiger partial charge in [-0.3, -0.25) is 9.69 Å². The van der Waals surface area contributed by atoms with Gasteiger partial charge in [-0.05, 0) is 45.0 Å². The molecule has 1 saturated heterocycles. The van der Waals surface area contributed by atoms with Gasteiger partial charge < -0.3 is 10.1 Å². The minimum absolute atomic E-state index is 0.116. The zero-order chi connectivity index (χ0) is 18.6. The Hall–Kier alpha value is -1.64. The molecular formula is C17H27N3O4S. The predicted octanol–water partition coefficient (Wildman–Crippen LogP) is 1.16. The number of nitrogens with one attached hydrogen (secondary N) is 1. The maximum Gasteiger partial charge on any atom is 0.254 e. The lowest BCUT2D eigenvalue weighted by Crippen LogP contribution is -2.37.